The van der Waals surface area contributed by atoms with Crippen molar-refractivity contribution in [2.75, 3.05) is 32.7 Å². The summed E-state index contributed by atoms with van der Waals surface area (Å²) in [6.07, 6.45) is 2.18. The average molecular weight is 240 g/mol. The second kappa shape index (κ2) is 5.35. The highest BCUT2D eigenvalue weighted by molar-refractivity contribution is 5.77. The van der Waals surface area contributed by atoms with E-state index >= 15 is 0 Å². The Morgan fingerprint density at radius 1 is 1.35 bits per heavy atom. The van der Waals surface area contributed by atoms with E-state index in [2.05, 4.69) is 5.32 Å². The molecule has 6 heteroatoms. The molecule has 3 amide bonds. The fourth-order valence-corrected chi connectivity index (χ4v) is 2.54. The first-order chi connectivity index (χ1) is 8.22. The minimum atomic E-state index is 0.0386. The Hall–Kier alpha value is -1.30. The lowest BCUT2D eigenvalue weighted by atomic mass is 10.0. The first-order valence-corrected chi connectivity index (χ1v) is 6.24. The number of nitrogens with two attached hydrogens (primary N) is 1. The average Bonchev–Trinajstić information content (AvgIpc) is 2.76. The summed E-state index contributed by atoms with van der Waals surface area (Å²) >= 11 is 0. The van der Waals surface area contributed by atoms with Crippen molar-refractivity contribution in [3.8, 4) is 0 Å². The van der Waals surface area contributed by atoms with Gasteiger partial charge in [0.1, 0.15) is 0 Å². The molecule has 0 aromatic rings. The topological polar surface area (TPSA) is 78.7 Å². The molecule has 0 aromatic carbocycles. The van der Waals surface area contributed by atoms with E-state index < -0.39 is 0 Å². The monoisotopic (exact) mass is 240 g/mol. The first kappa shape index (κ1) is 12.2. The van der Waals surface area contributed by atoms with Gasteiger partial charge in [-0.15, -0.1) is 0 Å². The summed E-state index contributed by atoms with van der Waals surface area (Å²) in [5.41, 5.74) is 5.37. The van der Waals surface area contributed by atoms with Gasteiger partial charge in [0.2, 0.25) is 5.91 Å². The molecule has 0 radical (unpaired) electrons. The number of amides is 3. The number of piperidine rings is 1. The van der Waals surface area contributed by atoms with E-state index in [0.717, 1.165) is 39.0 Å². The number of likely N-dealkylation sites (tertiary alicyclic amines) is 1. The van der Waals surface area contributed by atoms with E-state index in [1.165, 1.54) is 0 Å². The largest absolute Gasteiger partial charge is 0.343 e. The van der Waals surface area contributed by atoms with E-state index in [1.807, 2.05) is 9.80 Å². The highest BCUT2D eigenvalue weighted by atomic mass is 16.2. The fourth-order valence-electron chi connectivity index (χ4n) is 2.54. The number of nitrogens with zero attached hydrogens (tertiary/aromatic N) is 2. The maximum absolute atomic E-state index is 11.6. The van der Waals surface area contributed by atoms with Crippen molar-refractivity contribution in [3.63, 3.8) is 0 Å². The minimum Gasteiger partial charge on any atom is -0.343 e. The van der Waals surface area contributed by atoms with Gasteiger partial charge in [-0.05, 0) is 12.8 Å². The molecule has 2 fully saturated rings. The fraction of sp³-hybridized carbons (Fsp3) is 0.818. The van der Waals surface area contributed by atoms with Gasteiger partial charge in [0, 0.05) is 45.2 Å². The summed E-state index contributed by atoms with van der Waals surface area (Å²) in [7, 11) is 0. The summed E-state index contributed by atoms with van der Waals surface area (Å²) in [4.78, 5) is 26.9. The Morgan fingerprint density at radius 2 is 2.06 bits per heavy atom. The van der Waals surface area contributed by atoms with E-state index in [1.54, 1.807) is 0 Å². The standard InChI is InChI=1S/C11H20N4O2/c12-4-1-10(16)14-6-2-9(3-7-14)15-8-5-13-11(15)17/h9H,1-8,12H2,(H,13,17). The van der Waals surface area contributed by atoms with E-state index in [0.29, 0.717) is 19.0 Å². The van der Waals surface area contributed by atoms with Crippen molar-refractivity contribution in [2.45, 2.75) is 25.3 Å². The number of hydrogen-bond donors (Lipinski definition) is 2. The Labute approximate surface area is 101 Å². The van der Waals surface area contributed by atoms with Gasteiger partial charge >= 0.3 is 6.03 Å². The SMILES string of the molecule is NCCC(=O)N1CCC(N2CCNC2=O)CC1. The van der Waals surface area contributed by atoms with Crippen LogP contribution < -0.4 is 11.1 Å². The normalized spacial score (nSPS) is 21.8. The smallest absolute Gasteiger partial charge is 0.317 e. The molecule has 2 heterocycles. The second-order valence-corrected chi connectivity index (χ2v) is 4.58. The zero-order valence-corrected chi connectivity index (χ0v) is 10.0. The summed E-state index contributed by atoms with van der Waals surface area (Å²) in [6, 6.07) is 0.330. The quantitative estimate of drug-likeness (QED) is 0.688. The Morgan fingerprint density at radius 3 is 2.59 bits per heavy atom. The van der Waals surface area contributed by atoms with Gasteiger partial charge < -0.3 is 20.9 Å². The number of nitrogens with one attached hydrogen (secondary N) is 1. The van der Waals surface area contributed by atoms with Crippen molar-refractivity contribution >= 4 is 11.9 Å². The second-order valence-electron chi connectivity index (χ2n) is 4.58. The van der Waals surface area contributed by atoms with Gasteiger partial charge in [0.15, 0.2) is 0 Å². The zero-order valence-electron chi connectivity index (χ0n) is 10.0. The predicted molar refractivity (Wildman–Crippen MR) is 63.4 cm³/mol. The van der Waals surface area contributed by atoms with Gasteiger partial charge in [0.25, 0.3) is 0 Å². The van der Waals surface area contributed by atoms with Gasteiger partial charge in [0.05, 0.1) is 0 Å². The third-order valence-electron chi connectivity index (χ3n) is 3.51. The van der Waals surface area contributed by atoms with Gasteiger partial charge in [-0.2, -0.15) is 0 Å². The Bertz CT molecular complexity index is 300. The molecular weight excluding hydrogens is 220 g/mol. The van der Waals surface area contributed by atoms with Crippen LogP contribution in [0.2, 0.25) is 0 Å². The molecule has 2 aliphatic heterocycles. The molecule has 0 aromatic heterocycles. The van der Waals surface area contributed by atoms with E-state index in [4.69, 9.17) is 5.73 Å². The molecule has 0 atom stereocenters. The molecule has 0 saturated carbocycles. The number of rotatable bonds is 3. The number of hydrogen-bond acceptors (Lipinski definition) is 3. The summed E-state index contributed by atoms with van der Waals surface area (Å²) < 4.78 is 0. The Kier molecular flexibility index (Phi) is 3.83. The van der Waals surface area contributed by atoms with E-state index in [-0.39, 0.29) is 11.9 Å². The zero-order chi connectivity index (χ0) is 12.3. The van der Waals surface area contributed by atoms with Crippen LogP contribution >= 0.6 is 0 Å². The lowest BCUT2D eigenvalue weighted by Gasteiger charge is -2.36. The van der Waals surface area contributed by atoms with E-state index in [9.17, 15) is 9.59 Å². The molecule has 0 bridgehead atoms. The first-order valence-electron chi connectivity index (χ1n) is 6.24. The molecule has 2 rings (SSSR count). The summed E-state index contributed by atoms with van der Waals surface area (Å²) in [5, 5.41) is 2.81. The van der Waals surface area contributed by atoms with Crippen LogP contribution in [0.5, 0.6) is 0 Å². The van der Waals surface area contributed by atoms with Crippen LogP contribution in [0.3, 0.4) is 0 Å². The summed E-state index contributed by atoms with van der Waals surface area (Å²) in [6.45, 7) is 3.43. The molecule has 17 heavy (non-hydrogen) atoms. The minimum absolute atomic E-state index is 0.0386. The van der Waals surface area contributed by atoms with Crippen LogP contribution in [0.1, 0.15) is 19.3 Å². The maximum atomic E-state index is 11.6. The van der Waals surface area contributed by atoms with Crippen LogP contribution in [0.25, 0.3) is 0 Å². The Balaban J connectivity index is 1.81. The molecule has 3 N–H and O–H groups in total. The molecule has 2 saturated heterocycles. The molecule has 0 aliphatic carbocycles. The van der Waals surface area contributed by atoms with Crippen LogP contribution in [0, 0.1) is 0 Å². The van der Waals surface area contributed by atoms with Gasteiger partial charge in [-0.1, -0.05) is 0 Å². The molecule has 2 aliphatic rings. The highest BCUT2D eigenvalue weighted by Crippen LogP contribution is 2.18. The van der Waals surface area contributed by atoms with Crippen molar-refractivity contribution in [1.82, 2.24) is 15.1 Å². The number of carbonyl (C=O) groups is 2. The van der Waals surface area contributed by atoms with Crippen molar-refractivity contribution in [2.24, 2.45) is 5.73 Å². The predicted octanol–water partition coefficient (Wildman–Crippen LogP) is -0.649. The molecule has 0 unspecified atom stereocenters. The van der Waals surface area contributed by atoms with Crippen LogP contribution in [-0.2, 0) is 4.79 Å². The maximum Gasteiger partial charge on any atom is 0.317 e. The molecule has 6 nitrogen and oxygen atoms in total. The van der Waals surface area contributed by atoms with Crippen LogP contribution in [0.4, 0.5) is 4.79 Å². The third kappa shape index (κ3) is 2.69. The van der Waals surface area contributed by atoms with Crippen LogP contribution in [0.15, 0.2) is 0 Å². The lowest BCUT2D eigenvalue weighted by molar-refractivity contribution is -0.132. The highest BCUT2D eigenvalue weighted by Gasteiger charge is 2.31. The third-order valence-corrected chi connectivity index (χ3v) is 3.51. The van der Waals surface area contributed by atoms with Crippen molar-refractivity contribution in [3.05, 3.63) is 0 Å². The van der Waals surface area contributed by atoms with Gasteiger partial charge in [-0.3, -0.25) is 4.79 Å². The lowest BCUT2D eigenvalue weighted by Crippen LogP contribution is -2.47. The number of carbonyl (C=O) groups excluding carboxylic acids is 2. The molecular formula is C11H20N4O2. The van der Waals surface area contributed by atoms with Gasteiger partial charge in [-0.25, -0.2) is 4.79 Å². The van der Waals surface area contributed by atoms with Crippen molar-refractivity contribution < 1.29 is 9.59 Å². The summed E-state index contributed by atoms with van der Waals surface area (Å²) in [5.74, 6) is 0.136. The molecule has 0 spiro atoms. The van der Waals surface area contributed by atoms with Crippen LogP contribution in [-0.4, -0.2) is 60.5 Å². The number of urea groups is 1. The van der Waals surface area contributed by atoms with Crippen molar-refractivity contribution in [1.29, 1.82) is 0 Å². The molecule has 96 valence electrons.